The summed E-state index contributed by atoms with van der Waals surface area (Å²) in [5.41, 5.74) is 1.49. The van der Waals surface area contributed by atoms with Crippen molar-refractivity contribution in [3.8, 4) is 0 Å². The highest BCUT2D eigenvalue weighted by Crippen LogP contribution is 2.27. The number of hydrogen-bond acceptors (Lipinski definition) is 2. The molecular formula is C10H14ClNO2S. The molecule has 0 amide bonds. The van der Waals surface area contributed by atoms with E-state index in [4.69, 9.17) is 11.6 Å². The maximum absolute atomic E-state index is 11.1. The summed E-state index contributed by atoms with van der Waals surface area (Å²) in [6.07, 6.45) is 1.13. The predicted octanol–water partition coefficient (Wildman–Crippen LogP) is 2.83. The third-order valence-electron chi connectivity index (χ3n) is 1.93. The topological polar surface area (TPSA) is 46.2 Å². The van der Waals surface area contributed by atoms with Crippen LogP contribution in [0.3, 0.4) is 0 Å². The summed E-state index contributed by atoms with van der Waals surface area (Å²) in [7, 11) is -3.24. The predicted molar refractivity (Wildman–Crippen MR) is 64.0 cm³/mol. The van der Waals surface area contributed by atoms with Gasteiger partial charge in [0.2, 0.25) is 10.0 Å². The van der Waals surface area contributed by atoms with Gasteiger partial charge < -0.3 is 0 Å². The molecule has 5 heteroatoms. The highest BCUT2D eigenvalue weighted by atomic mass is 35.5. The van der Waals surface area contributed by atoms with E-state index in [9.17, 15) is 8.42 Å². The molecule has 1 rings (SSSR count). The lowest BCUT2D eigenvalue weighted by molar-refractivity contribution is 0.606. The molecule has 0 fully saturated rings. The second-order valence-corrected chi connectivity index (χ2v) is 5.95. The number of nitrogens with one attached hydrogen (secondary N) is 1. The van der Waals surface area contributed by atoms with Gasteiger partial charge in [-0.25, -0.2) is 8.42 Å². The lowest BCUT2D eigenvalue weighted by Crippen LogP contribution is -2.11. The Kier molecular flexibility index (Phi) is 3.62. The molecule has 0 aliphatic rings. The van der Waals surface area contributed by atoms with Gasteiger partial charge in [-0.1, -0.05) is 25.4 Å². The van der Waals surface area contributed by atoms with Gasteiger partial charge in [-0.05, 0) is 29.7 Å². The van der Waals surface area contributed by atoms with E-state index in [0.717, 1.165) is 11.8 Å². The number of anilines is 1. The molecule has 0 saturated heterocycles. The smallest absolute Gasteiger partial charge is 0.229 e. The van der Waals surface area contributed by atoms with Gasteiger partial charge in [0.15, 0.2) is 0 Å². The summed E-state index contributed by atoms with van der Waals surface area (Å²) in [6, 6.07) is 5.12. The highest BCUT2D eigenvalue weighted by molar-refractivity contribution is 7.92. The first kappa shape index (κ1) is 12.3. The lowest BCUT2D eigenvalue weighted by atomic mass is 10.0. The largest absolute Gasteiger partial charge is 0.283 e. The van der Waals surface area contributed by atoms with Crippen LogP contribution < -0.4 is 4.72 Å². The van der Waals surface area contributed by atoms with E-state index in [2.05, 4.69) is 4.72 Å². The molecule has 0 aliphatic heterocycles. The maximum Gasteiger partial charge on any atom is 0.229 e. The second-order valence-electron chi connectivity index (χ2n) is 3.76. The Morgan fingerprint density at radius 3 is 2.40 bits per heavy atom. The van der Waals surface area contributed by atoms with Gasteiger partial charge >= 0.3 is 0 Å². The standard InChI is InChI=1S/C10H14ClNO2S/c1-7(2)9-6-8(11)4-5-10(9)12-15(3,13)14/h4-7,12H,1-3H3. The minimum Gasteiger partial charge on any atom is -0.283 e. The van der Waals surface area contributed by atoms with E-state index in [-0.39, 0.29) is 5.92 Å². The average molecular weight is 248 g/mol. The van der Waals surface area contributed by atoms with Crippen LogP contribution >= 0.6 is 11.6 Å². The number of benzene rings is 1. The maximum atomic E-state index is 11.1. The third-order valence-corrected chi connectivity index (χ3v) is 2.76. The zero-order valence-corrected chi connectivity index (χ0v) is 10.5. The monoisotopic (exact) mass is 247 g/mol. The fourth-order valence-electron chi connectivity index (χ4n) is 1.30. The first-order valence-corrected chi connectivity index (χ1v) is 6.84. The van der Waals surface area contributed by atoms with Crippen LogP contribution in [0, 0.1) is 0 Å². The summed E-state index contributed by atoms with van der Waals surface area (Å²) < 4.78 is 24.7. The zero-order valence-electron chi connectivity index (χ0n) is 8.91. The van der Waals surface area contributed by atoms with Gasteiger partial charge in [-0.3, -0.25) is 4.72 Å². The molecule has 84 valence electrons. The number of hydrogen-bond donors (Lipinski definition) is 1. The first-order valence-electron chi connectivity index (χ1n) is 4.57. The Balaban J connectivity index is 3.18. The van der Waals surface area contributed by atoms with Crippen molar-refractivity contribution in [2.24, 2.45) is 0 Å². The van der Waals surface area contributed by atoms with Gasteiger partial charge in [-0.15, -0.1) is 0 Å². The Bertz CT molecular complexity index is 454. The summed E-state index contributed by atoms with van der Waals surface area (Å²) >= 11 is 5.85. The summed E-state index contributed by atoms with van der Waals surface area (Å²) in [5, 5.41) is 0.609. The fraction of sp³-hybridized carbons (Fsp3) is 0.400. The molecule has 1 aromatic carbocycles. The molecule has 0 atom stereocenters. The van der Waals surface area contributed by atoms with Gasteiger partial charge in [0.1, 0.15) is 0 Å². The fourth-order valence-corrected chi connectivity index (χ4v) is 2.07. The van der Waals surface area contributed by atoms with Gasteiger partial charge in [0.25, 0.3) is 0 Å². The number of rotatable bonds is 3. The summed E-state index contributed by atoms with van der Waals surface area (Å²) in [6.45, 7) is 3.97. The van der Waals surface area contributed by atoms with Gasteiger partial charge in [-0.2, -0.15) is 0 Å². The van der Waals surface area contributed by atoms with Crippen molar-refractivity contribution in [3.63, 3.8) is 0 Å². The van der Waals surface area contributed by atoms with E-state index < -0.39 is 10.0 Å². The van der Waals surface area contributed by atoms with Crippen molar-refractivity contribution in [3.05, 3.63) is 28.8 Å². The molecule has 0 spiro atoms. The van der Waals surface area contributed by atoms with Crippen molar-refractivity contribution in [1.82, 2.24) is 0 Å². The Labute approximate surface area is 95.5 Å². The number of halogens is 1. The Morgan fingerprint density at radius 1 is 1.33 bits per heavy atom. The van der Waals surface area contributed by atoms with E-state index in [1.807, 2.05) is 13.8 Å². The van der Waals surface area contributed by atoms with E-state index in [1.54, 1.807) is 18.2 Å². The van der Waals surface area contributed by atoms with Crippen molar-refractivity contribution in [2.45, 2.75) is 19.8 Å². The van der Waals surface area contributed by atoms with Crippen molar-refractivity contribution < 1.29 is 8.42 Å². The van der Waals surface area contributed by atoms with Crippen LogP contribution in [0.2, 0.25) is 5.02 Å². The molecular weight excluding hydrogens is 234 g/mol. The first-order chi connectivity index (χ1) is 6.79. The molecule has 0 heterocycles. The minimum absolute atomic E-state index is 0.216. The van der Waals surface area contributed by atoms with Crippen LogP contribution in [-0.2, 0) is 10.0 Å². The summed E-state index contributed by atoms with van der Waals surface area (Å²) in [5.74, 6) is 0.216. The van der Waals surface area contributed by atoms with Gasteiger partial charge in [0, 0.05) is 5.02 Å². The second kappa shape index (κ2) is 4.41. The van der Waals surface area contributed by atoms with Crippen molar-refractivity contribution >= 4 is 27.3 Å². The van der Waals surface area contributed by atoms with Gasteiger partial charge in [0.05, 0.1) is 11.9 Å². The van der Waals surface area contributed by atoms with E-state index >= 15 is 0 Å². The SMILES string of the molecule is CC(C)c1cc(Cl)ccc1NS(C)(=O)=O. The lowest BCUT2D eigenvalue weighted by Gasteiger charge is -2.13. The molecule has 0 unspecified atom stereocenters. The molecule has 3 nitrogen and oxygen atoms in total. The molecule has 0 bridgehead atoms. The molecule has 0 aliphatic carbocycles. The van der Waals surface area contributed by atoms with E-state index in [0.29, 0.717) is 10.7 Å². The molecule has 0 aromatic heterocycles. The van der Waals surface area contributed by atoms with Crippen LogP contribution in [0.4, 0.5) is 5.69 Å². The molecule has 1 N–H and O–H groups in total. The van der Waals surface area contributed by atoms with Crippen LogP contribution in [0.1, 0.15) is 25.3 Å². The summed E-state index contributed by atoms with van der Waals surface area (Å²) in [4.78, 5) is 0. The Morgan fingerprint density at radius 2 is 1.93 bits per heavy atom. The third kappa shape index (κ3) is 3.72. The zero-order chi connectivity index (χ0) is 11.6. The van der Waals surface area contributed by atoms with Crippen LogP contribution in [0.15, 0.2) is 18.2 Å². The van der Waals surface area contributed by atoms with Crippen LogP contribution in [0.5, 0.6) is 0 Å². The van der Waals surface area contributed by atoms with Crippen molar-refractivity contribution in [2.75, 3.05) is 11.0 Å². The minimum atomic E-state index is -3.24. The average Bonchev–Trinajstić information content (AvgIpc) is 2.05. The molecule has 0 radical (unpaired) electrons. The number of sulfonamides is 1. The Hall–Kier alpha value is -0.740. The van der Waals surface area contributed by atoms with Crippen LogP contribution in [0.25, 0.3) is 0 Å². The van der Waals surface area contributed by atoms with Crippen molar-refractivity contribution in [1.29, 1.82) is 0 Å². The van der Waals surface area contributed by atoms with E-state index in [1.165, 1.54) is 0 Å². The normalized spacial score (nSPS) is 11.8. The molecule has 1 aromatic rings. The quantitative estimate of drug-likeness (QED) is 0.893. The molecule has 15 heavy (non-hydrogen) atoms. The highest BCUT2D eigenvalue weighted by Gasteiger charge is 2.10. The van der Waals surface area contributed by atoms with Crippen LogP contribution in [-0.4, -0.2) is 14.7 Å². The molecule has 0 saturated carbocycles.